The third-order valence-electron chi connectivity index (χ3n) is 14.0. The Morgan fingerprint density at radius 3 is 1.55 bits per heavy atom. The number of amides is 4. The minimum absolute atomic E-state index is 0.0446. The van der Waals surface area contributed by atoms with Crippen molar-refractivity contribution >= 4 is 74.8 Å². The van der Waals surface area contributed by atoms with E-state index in [1.807, 2.05) is 64.1 Å². The monoisotopic (exact) mass is 926 g/mol. The number of likely N-dealkylation sites (tertiary alicyclic amines) is 2. The molecule has 3 aromatic rings. The number of aromatic nitrogens is 1. The van der Waals surface area contributed by atoms with Gasteiger partial charge in [-0.25, -0.2) is 4.98 Å². The van der Waals surface area contributed by atoms with Crippen LogP contribution in [0.25, 0.3) is 0 Å². The first-order valence-corrected chi connectivity index (χ1v) is 24.3. The summed E-state index contributed by atoms with van der Waals surface area (Å²) in [4.78, 5) is 91.4. The van der Waals surface area contributed by atoms with Crippen LogP contribution in [0.15, 0.2) is 36.4 Å². The van der Waals surface area contributed by atoms with Crippen molar-refractivity contribution in [2.75, 3.05) is 54.3 Å². The molecule has 0 bridgehead atoms. The highest BCUT2D eigenvalue weighted by atomic mass is 32.1. The number of hydrogen-bond donors (Lipinski definition) is 4. The van der Waals surface area contributed by atoms with E-state index < -0.39 is 35.9 Å². The van der Waals surface area contributed by atoms with Gasteiger partial charge in [0.1, 0.15) is 12.1 Å². The fraction of sp³-hybridized carbons (Fsp3) is 0.571. The average molecular weight is 927 g/mol. The zero-order chi connectivity index (χ0) is 47.4. The highest BCUT2D eigenvalue weighted by Gasteiger charge is 2.42. The van der Waals surface area contributed by atoms with Crippen molar-refractivity contribution in [3.8, 4) is 0 Å². The second-order valence-electron chi connectivity index (χ2n) is 18.9. The maximum atomic E-state index is 13.8. The highest BCUT2D eigenvalue weighted by molar-refractivity contribution is 7.15. The lowest BCUT2D eigenvalue weighted by Crippen LogP contribution is -2.47. The summed E-state index contributed by atoms with van der Waals surface area (Å²) < 4.78 is 9.71. The lowest BCUT2D eigenvalue weighted by Gasteiger charge is -2.32. The molecule has 0 radical (unpaired) electrons. The topological polar surface area (TPSA) is 220 Å². The van der Waals surface area contributed by atoms with Crippen LogP contribution >= 0.6 is 11.3 Å². The molecule has 0 spiro atoms. The Hall–Kier alpha value is -5.71. The van der Waals surface area contributed by atoms with Gasteiger partial charge in [-0.15, -0.1) is 11.3 Å². The van der Waals surface area contributed by atoms with Crippen molar-refractivity contribution in [1.82, 2.24) is 14.8 Å². The van der Waals surface area contributed by atoms with Crippen LogP contribution in [0, 0.1) is 23.7 Å². The van der Waals surface area contributed by atoms with Gasteiger partial charge in [0.05, 0.1) is 79.4 Å². The summed E-state index contributed by atoms with van der Waals surface area (Å²) in [7, 11) is 2.61. The quantitative estimate of drug-likeness (QED) is 0.0914. The van der Waals surface area contributed by atoms with E-state index in [-0.39, 0.29) is 60.4 Å². The SMILES string of the molecule is COC(=O)C[C@H](C(=O)N1CCC[C@H]1C(=O)Nc1ccc([C@H]2CC[C@H](c3ccc(NC(=O)[C@@H]4CCCN4C(=O)[C@@H](CC(=O)OC)C(C)C)c(N)c3)N2c2nc3c(s2)CCCC3)cc1N)C(C)C. The summed E-state index contributed by atoms with van der Waals surface area (Å²) in [5, 5.41) is 6.93. The molecule has 4 aliphatic rings. The molecule has 17 heteroatoms. The molecule has 1 aliphatic carbocycles. The normalized spacial score (nSPS) is 21.4. The second kappa shape index (κ2) is 20.9. The van der Waals surface area contributed by atoms with Crippen LogP contribution in [0.5, 0.6) is 0 Å². The van der Waals surface area contributed by atoms with Gasteiger partial charge in [0.15, 0.2) is 5.13 Å². The smallest absolute Gasteiger partial charge is 0.306 e. The van der Waals surface area contributed by atoms with E-state index in [1.165, 1.54) is 19.1 Å². The molecule has 4 amide bonds. The standard InChI is InChI=1S/C49H66N8O8S/c1-27(2)31(25-43(58)64-5)47(62)55-21-9-12-40(55)45(60)52-35-17-15-29(23-33(35)50)38-19-20-39(57(38)49-54-37-11-7-8-14-42(37)66-49)30-16-18-36(34(51)24-30)53-46(61)41-13-10-22-56(41)48(63)32(28(3)4)26-44(59)65-6/h15-18,23-24,27-28,31-32,38-41H,7-14,19-22,25-26,50-51H2,1-6H3,(H,52,60)(H,53,61)/t31-,32-,38+,39+,40-,41-/m0/s1. The maximum Gasteiger partial charge on any atom is 0.306 e. The summed E-state index contributed by atoms with van der Waals surface area (Å²) in [6, 6.07) is 9.89. The number of fused-ring (bicyclic) bond motifs is 1. The first-order chi connectivity index (χ1) is 31.6. The van der Waals surface area contributed by atoms with Gasteiger partial charge < -0.3 is 46.3 Å². The third-order valence-corrected chi connectivity index (χ3v) is 15.2. The Kier molecular flexibility index (Phi) is 15.2. The number of ether oxygens (including phenoxy) is 2. The van der Waals surface area contributed by atoms with E-state index in [0.717, 1.165) is 60.5 Å². The molecule has 6 N–H and O–H groups in total. The fourth-order valence-electron chi connectivity index (χ4n) is 10.2. The molecule has 0 saturated carbocycles. The Labute approximate surface area is 391 Å². The molecule has 3 aliphatic heterocycles. The first-order valence-electron chi connectivity index (χ1n) is 23.5. The molecule has 3 saturated heterocycles. The summed E-state index contributed by atoms with van der Waals surface area (Å²) in [6.45, 7) is 8.41. The molecular weight excluding hydrogens is 861 g/mol. The van der Waals surface area contributed by atoms with Gasteiger partial charge in [0, 0.05) is 18.0 Å². The number of carbonyl (C=O) groups is 6. The Morgan fingerprint density at radius 2 is 1.14 bits per heavy atom. The van der Waals surface area contributed by atoms with Crippen LogP contribution in [-0.2, 0) is 51.1 Å². The van der Waals surface area contributed by atoms with Gasteiger partial charge in [-0.3, -0.25) is 28.8 Å². The molecular formula is C49H66N8O8S. The van der Waals surface area contributed by atoms with Crippen molar-refractivity contribution in [3.05, 3.63) is 58.1 Å². The van der Waals surface area contributed by atoms with E-state index in [2.05, 4.69) is 15.5 Å². The van der Waals surface area contributed by atoms with Gasteiger partial charge in [-0.1, -0.05) is 39.8 Å². The first kappa shape index (κ1) is 48.2. The second-order valence-corrected chi connectivity index (χ2v) is 20.0. The van der Waals surface area contributed by atoms with E-state index in [9.17, 15) is 28.8 Å². The number of nitrogens with two attached hydrogens (primary N) is 2. The lowest BCUT2D eigenvalue weighted by molar-refractivity contribution is -0.149. The zero-order valence-corrected chi connectivity index (χ0v) is 39.9. The fourth-order valence-corrected chi connectivity index (χ4v) is 11.4. The van der Waals surface area contributed by atoms with Crippen LogP contribution in [0.1, 0.15) is 126 Å². The van der Waals surface area contributed by atoms with Crippen LogP contribution in [0.4, 0.5) is 27.9 Å². The molecule has 0 unspecified atom stereocenters. The highest BCUT2D eigenvalue weighted by Crippen LogP contribution is 2.50. The Balaban J connectivity index is 1.08. The molecule has 356 valence electrons. The number of nitrogen functional groups attached to an aromatic ring is 2. The minimum atomic E-state index is -0.687. The number of thiazole rings is 1. The lowest BCUT2D eigenvalue weighted by atomic mass is 9.90. The molecule has 3 fully saturated rings. The average Bonchev–Trinajstić information content (AvgIpc) is 4.14. The van der Waals surface area contributed by atoms with E-state index in [0.29, 0.717) is 61.5 Å². The number of benzene rings is 2. The predicted octanol–water partition coefficient (Wildman–Crippen LogP) is 6.80. The summed E-state index contributed by atoms with van der Waals surface area (Å²) in [5.74, 6) is -3.43. The number of rotatable bonds is 15. The number of aryl methyl sites for hydroxylation is 2. The van der Waals surface area contributed by atoms with Gasteiger partial charge in [-0.2, -0.15) is 0 Å². The van der Waals surface area contributed by atoms with Gasteiger partial charge in [0.25, 0.3) is 0 Å². The van der Waals surface area contributed by atoms with E-state index in [4.69, 9.17) is 25.9 Å². The largest absolute Gasteiger partial charge is 0.469 e. The van der Waals surface area contributed by atoms with Crippen molar-refractivity contribution in [3.63, 3.8) is 0 Å². The number of nitrogens with zero attached hydrogens (tertiary/aromatic N) is 4. The van der Waals surface area contributed by atoms with Crippen LogP contribution < -0.4 is 27.0 Å². The van der Waals surface area contributed by atoms with Gasteiger partial charge in [-0.05, 0) is 111 Å². The number of esters is 2. The van der Waals surface area contributed by atoms with Gasteiger partial charge >= 0.3 is 11.9 Å². The van der Waals surface area contributed by atoms with E-state index >= 15 is 0 Å². The van der Waals surface area contributed by atoms with Crippen molar-refractivity contribution in [2.45, 2.75) is 129 Å². The number of methoxy groups -OCH3 is 2. The van der Waals surface area contributed by atoms with Crippen LogP contribution in [0.3, 0.4) is 0 Å². The maximum absolute atomic E-state index is 13.8. The van der Waals surface area contributed by atoms with Crippen LogP contribution in [-0.4, -0.2) is 89.7 Å². The number of carbonyl (C=O) groups excluding carboxylic acids is 6. The van der Waals surface area contributed by atoms with Crippen LogP contribution in [0.2, 0.25) is 0 Å². The molecule has 16 nitrogen and oxygen atoms in total. The number of nitrogens with one attached hydrogen (secondary N) is 2. The van der Waals surface area contributed by atoms with E-state index in [1.54, 1.807) is 21.1 Å². The minimum Gasteiger partial charge on any atom is -0.469 e. The van der Waals surface area contributed by atoms with Crippen molar-refractivity contribution in [2.24, 2.45) is 23.7 Å². The number of anilines is 5. The predicted molar refractivity (Wildman–Crippen MR) is 254 cm³/mol. The molecule has 6 atom stereocenters. The molecule has 7 rings (SSSR count). The summed E-state index contributed by atoms with van der Waals surface area (Å²) >= 11 is 1.73. The molecule has 66 heavy (non-hydrogen) atoms. The molecule has 1 aromatic heterocycles. The Bertz CT molecular complexity index is 2160. The van der Waals surface area contributed by atoms with Crippen molar-refractivity contribution < 1.29 is 38.2 Å². The summed E-state index contributed by atoms with van der Waals surface area (Å²) in [5.41, 5.74) is 18.3. The number of hydrogen-bond acceptors (Lipinski definition) is 13. The third kappa shape index (κ3) is 10.3. The Morgan fingerprint density at radius 1 is 0.682 bits per heavy atom. The van der Waals surface area contributed by atoms with Crippen molar-refractivity contribution in [1.29, 1.82) is 0 Å². The van der Waals surface area contributed by atoms with Gasteiger partial charge in [0.2, 0.25) is 23.6 Å². The zero-order valence-electron chi connectivity index (χ0n) is 39.1. The summed E-state index contributed by atoms with van der Waals surface area (Å²) in [6.07, 6.45) is 8.02. The molecule has 4 heterocycles. The molecule has 2 aromatic carbocycles.